The van der Waals surface area contributed by atoms with Gasteiger partial charge in [0.1, 0.15) is 11.9 Å². The Morgan fingerprint density at radius 3 is 2.67 bits per heavy atom. The number of aromatic nitrogens is 1. The molecule has 2 aliphatic heterocycles. The van der Waals surface area contributed by atoms with Crippen LogP contribution in [0.2, 0.25) is 0 Å². The molecule has 12 heteroatoms. The van der Waals surface area contributed by atoms with Gasteiger partial charge in [-0.1, -0.05) is 12.1 Å². The fraction of sp³-hybridized carbons (Fsp3) is 0.458. The standard InChI is InChI=1S/C24H28FN3O7S/c1-24(36(2,31)32,22(29)27-35-21-5-3-4-12-33-21)13-18-15-28(23(30)34-18)17-8-6-16(7-9-17)19-10-11-26-14-20(19)25/h6-11,14,18,21H,3-5,12-13,15H2,1-2H3,(H,27,29)/t18-,21?,24?/m0/s1. The molecule has 0 aliphatic carbocycles. The summed E-state index contributed by atoms with van der Waals surface area (Å²) in [6.07, 6.45) is 3.44. The van der Waals surface area contributed by atoms with E-state index in [0.717, 1.165) is 25.3 Å². The molecule has 0 bridgehead atoms. The van der Waals surface area contributed by atoms with Crippen LogP contribution in [0.15, 0.2) is 42.7 Å². The lowest BCUT2D eigenvalue weighted by atomic mass is 10.0. The number of nitrogens with one attached hydrogen (secondary N) is 1. The van der Waals surface area contributed by atoms with E-state index in [0.29, 0.717) is 29.8 Å². The first kappa shape index (κ1) is 26.0. The molecule has 0 saturated carbocycles. The van der Waals surface area contributed by atoms with Gasteiger partial charge in [0.2, 0.25) is 0 Å². The second-order valence-electron chi connectivity index (χ2n) is 9.07. The van der Waals surface area contributed by atoms with Crippen molar-refractivity contribution in [3.05, 3.63) is 48.5 Å². The number of hydroxylamine groups is 1. The van der Waals surface area contributed by atoms with Gasteiger partial charge in [-0.2, -0.15) is 0 Å². The fourth-order valence-electron chi connectivity index (χ4n) is 4.15. The first-order valence-electron chi connectivity index (χ1n) is 11.5. The van der Waals surface area contributed by atoms with Crippen LogP contribution in [0, 0.1) is 5.82 Å². The number of nitrogens with zero attached hydrogens (tertiary/aromatic N) is 2. The van der Waals surface area contributed by atoms with E-state index in [1.165, 1.54) is 18.0 Å². The summed E-state index contributed by atoms with van der Waals surface area (Å²) in [6.45, 7) is 1.81. The van der Waals surface area contributed by atoms with Crippen LogP contribution >= 0.6 is 0 Å². The van der Waals surface area contributed by atoms with Gasteiger partial charge < -0.3 is 9.47 Å². The smallest absolute Gasteiger partial charge is 0.414 e. The van der Waals surface area contributed by atoms with Gasteiger partial charge in [0.05, 0.1) is 12.7 Å². The summed E-state index contributed by atoms with van der Waals surface area (Å²) in [4.78, 5) is 35.8. The molecule has 3 heterocycles. The summed E-state index contributed by atoms with van der Waals surface area (Å²) in [6, 6.07) is 8.14. The molecule has 194 valence electrons. The zero-order chi connectivity index (χ0) is 25.9. The SMILES string of the molecule is CC(C[C@H]1CN(c2ccc(-c3ccncc3F)cc2)C(=O)O1)(C(=O)NOC1CCCCO1)S(C)(=O)=O. The number of amides is 2. The van der Waals surface area contributed by atoms with E-state index in [1.54, 1.807) is 30.3 Å². The Morgan fingerprint density at radius 1 is 1.28 bits per heavy atom. The number of carbonyl (C=O) groups excluding carboxylic acids is 2. The summed E-state index contributed by atoms with van der Waals surface area (Å²) in [5.41, 5.74) is 3.68. The van der Waals surface area contributed by atoms with Crippen LogP contribution in [0.3, 0.4) is 0 Å². The molecular weight excluding hydrogens is 493 g/mol. The molecule has 2 aliphatic rings. The number of carbonyl (C=O) groups is 2. The maximum Gasteiger partial charge on any atom is 0.414 e. The third-order valence-electron chi connectivity index (χ3n) is 6.47. The minimum Gasteiger partial charge on any atom is -0.444 e. The summed E-state index contributed by atoms with van der Waals surface area (Å²) in [5, 5.41) is 0. The minimum atomic E-state index is -3.93. The number of halogens is 1. The molecule has 36 heavy (non-hydrogen) atoms. The second-order valence-corrected chi connectivity index (χ2v) is 11.5. The third-order valence-corrected chi connectivity index (χ3v) is 8.46. The van der Waals surface area contributed by atoms with Gasteiger partial charge in [0, 0.05) is 43.2 Å². The monoisotopic (exact) mass is 521 g/mol. The van der Waals surface area contributed by atoms with Crippen LogP contribution in [0.4, 0.5) is 14.9 Å². The van der Waals surface area contributed by atoms with Gasteiger partial charge in [-0.25, -0.2) is 27.9 Å². The highest BCUT2D eigenvalue weighted by molar-refractivity contribution is 7.92. The van der Waals surface area contributed by atoms with E-state index in [1.807, 2.05) is 0 Å². The van der Waals surface area contributed by atoms with Gasteiger partial charge in [-0.15, -0.1) is 0 Å². The van der Waals surface area contributed by atoms with Crippen molar-refractivity contribution in [2.24, 2.45) is 0 Å². The highest BCUT2D eigenvalue weighted by atomic mass is 32.2. The quantitative estimate of drug-likeness (QED) is 0.526. The molecule has 0 radical (unpaired) electrons. The molecule has 1 aromatic carbocycles. The third kappa shape index (κ3) is 5.50. The lowest BCUT2D eigenvalue weighted by Crippen LogP contribution is -2.53. The molecular formula is C24H28FN3O7S. The Morgan fingerprint density at radius 2 is 2.03 bits per heavy atom. The van der Waals surface area contributed by atoms with Crippen molar-refractivity contribution in [2.75, 3.05) is 24.3 Å². The molecule has 3 atom stereocenters. The van der Waals surface area contributed by atoms with Crippen LogP contribution in [0.5, 0.6) is 0 Å². The average Bonchev–Trinajstić information content (AvgIpc) is 3.22. The van der Waals surface area contributed by atoms with E-state index in [-0.39, 0.29) is 13.0 Å². The predicted molar refractivity (Wildman–Crippen MR) is 128 cm³/mol. The number of rotatable bonds is 8. The highest BCUT2D eigenvalue weighted by Crippen LogP contribution is 2.31. The Kier molecular flexibility index (Phi) is 7.57. The lowest BCUT2D eigenvalue weighted by Gasteiger charge is -2.29. The van der Waals surface area contributed by atoms with Crippen molar-refractivity contribution in [2.45, 2.75) is 49.7 Å². The van der Waals surface area contributed by atoms with Crippen LogP contribution < -0.4 is 10.4 Å². The van der Waals surface area contributed by atoms with E-state index in [4.69, 9.17) is 14.3 Å². The summed E-state index contributed by atoms with van der Waals surface area (Å²) in [5.74, 6) is -1.33. The first-order chi connectivity index (χ1) is 17.1. The highest BCUT2D eigenvalue weighted by Gasteiger charge is 2.48. The molecule has 2 amide bonds. The molecule has 2 aromatic rings. The number of anilines is 1. The molecule has 0 spiro atoms. The van der Waals surface area contributed by atoms with Crippen molar-refractivity contribution in [1.82, 2.24) is 10.5 Å². The summed E-state index contributed by atoms with van der Waals surface area (Å²) < 4.78 is 48.2. The summed E-state index contributed by atoms with van der Waals surface area (Å²) >= 11 is 0. The zero-order valence-corrected chi connectivity index (χ0v) is 20.8. The normalized spacial score (nSPS) is 22.1. The lowest BCUT2D eigenvalue weighted by molar-refractivity contribution is -0.201. The number of hydrogen-bond acceptors (Lipinski definition) is 8. The van der Waals surface area contributed by atoms with Crippen LogP contribution in [0.25, 0.3) is 11.1 Å². The molecule has 2 unspecified atom stereocenters. The van der Waals surface area contributed by atoms with Crippen molar-refractivity contribution in [1.29, 1.82) is 0 Å². The number of ether oxygens (including phenoxy) is 2. The molecule has 10 nitrogen and oxygen atoms in total. The van der Waals surface area contributed by atoms with Crippen LogP contribution in [0.1, 0.15) is 32.6 Å². The largest absolute Gasteiger partial charge is 0.444 e. The molecule has 2 fully saturated rings. The van der Waals surface area contributed by atoms with Crippen molar-refractivity contribution in [3.8, 4) is 11.1 Å². The molecule has 4 rings (SSSR count). The molecule has 2 saturated heterocycles. The van der Waals surface area contributed by atoms with Crippen molar-refractivity contribution >= 4 is 27.5 Å². The first-order valence-corrected chi connectivity index (χ1v) is 13.4. The van der Waals surface area contributed by atoms with E-state index in [2.05, 4.69) is 10.5 Å². The van der Waals surface area contributed by atoms with Gasteiger partial charge in [-0.3, -0.25) is 14.7 Å². The molecule has 1 aromatic heterocycles. The maximum atomic E-state index is 14.0. The van der Waals surface area contributed by atoms with E-state index < -0.39 is 44.8 Å². The number of pyridine rings is 1. The Balaban J connectivity index is 1.44. The van der Waals surface area contributed by atoms with E-state index in [9.17, 15) is 22.4 Å². The van der Waals surface area contributed by atoms with E-state index >= 15 is 0 Å². The van der Waals surface area contributed by atoms with Gasteiger partial charge >= 0.3 is 6.09 Å². The Hall–Kier alpha value is -3.09. The van der Waals surface area contributed by atoms with Gasteiger partial charge in [0.25, 0.3) is 5.91 Å². The van der Waals surface area contributed by atoms with Crippen molar-refractivity contribution in [3.63, 3.8) is 0 Å². The van der Waals surface area contributed by atoms with Gasteiger partial charge in [0.15, 0.2) is 20.9 Å². The summed E-state index contributed by atoms with van der Waals surface area (Å²) in [7, 11) is -3.93. The molecule has 1 N–H and O–H groups in total. The van der Waals surface area contributed by atoms with Gasteiger partial charge in [-0.05, 0) is 43.5 Å². The number of benzene rings is 1. The van der Waals surface area contributed by atoms with Crippen LogP contribution in [-0.4, -0.2) is 62.0 Å². The Labute approximate surface area is 208 Å². The van der Waals surface area contributed by atoms with Crippen molar-refractivity contribution < 1.29 is 36.7 Å². The minimum absolute atomic E-state index is 0.0345. The fourth-order valence-corrected chi connectivity index (χ4v) is 5.01. The topological polar surface area (TPSA) is 124 Å². The maximum absolute atomic E-state index is 14.0. The number of sulfone groups is 1. The average molecular weight is 522 g/mol. The predicted octanol–water partition coefficient (Wildman–Crippen LogP) is 2.98. The Bertz CT molecular complexity index is 1220. The van der Waals surface area contributed by atoms with Crippen LogP contribution in [-0.2, 0) is 28.9 Å². The zero-order valence-electron chi connectivity index (χ0n) is 20.0. The number of cyclic esters (lactones) is 1. The second kappa shape index (κ2) is 10.5. The number of hydrogen-bond donors (Lipinski definition) is 1.